The number of rotatable bonds is 5. The van der Waals surface area contributed by atoms with Crippen LogP contribution < -0.4 is 5.32 Å². The number of amides is 1. The smallest absolute Gasteiger partial charge is 0.349 e. The van der Waals surface area contributed by atoms with Crippen molar-refractivity contribution in [1.82, 2.24) is 4.98 Å². The maximum Gasteiger partial charge on any atom is 0.349 e. The van der Waals surface area contributed by atoms with Gasteiger partial charge in [0.05, 0.1) is 13.3 Å². The lowest BCUT2D eigenvalue weighted by atomic mass is 10.1. The Morgan fingerprint density at radius 3 is 2.82 bits per heavy atom. The van der Waals surface area contributed by atoms with Crippen LogP contribution in [0.25, 0.3) is 0 Å². The predicted molar refractivity (Wildman–Crippen MR) is 66.2 cm³/mol. The molecule has 0 aliphatic rings. The van der Waals surface area contributed by atoms with E-state index in [-0.39, 0.29) is 5.91 Å². The molecule has 94 valence electrons. The second-order valence-electron chi connectivity index (χ2n) is 4.00. The van der Waals surface area contributed by atoms with Crippen LogP contribution in [0.5, 0.6) is 0 Å². The Hall–Kier alpha value is -1.43. The lowest BCUT2D eigenvalue weighted by Gasteiger charge is -2.03. The molecule has 0 saturated carbocycles. The highest BCUT2D eigenvalue weighted by molar-refractivity contribution is 7.17. The minimum atomic E-state index is -0.440. The number of carbonyl (C=O) groups is 2. The van der Waals surface area contributed by atoms with Crippen molar-refractivity contribution in [2.24, 2.45) is 5.92 Å². The summed E-state index contributed by atoms with van der Waals surface area (Å²) in [6.45, 7) is 4.12. The molecule has 0 aliphatic heterocycles. The Bertz CT molecular complexity index is 401. The van der Waals surface area contributed by atoms with Crippen molar-refractivity contribution in [1.29, 1.82) is 0 Å². The van der Waals surface area contributed by atoms with Gasteiger partial charge in [0.15, 0.2) is 5.13 Å². The number of thiazole rings is 1. The molecule has 0 unspecified atom stereocenters. The molecule has 0 saturated heterocycles. The average Bonchev–Trinajstić information content (AvgIpc) is 2.73. The van der Waals surface area contributed by atoms with Crippen LogP contribution in [0.15, 0.2) is 6.20 Å². The minimum absolute atomic E-state index is 0.0792. The number of methoxy groups -OCH3 is 1. The van der Waals surface area contributed by atoms with E-state index in [4.69, 9.17) is 0 Å². The highest BCUT2D eigenvalue weighted by atomic mass is 32.1. The fourth-order valence-electron chi connectivity index (χ4n) is 1.13. The molecule has 0 radical (unpaired) electrons. The van der Waals surface area contributed by atoms with Crippen molar-refractivity contribution in [2.75, 3.05) is 12.4 Å². The summed E-state index contributed by atoms with van der Waals surface area (Å²) in [5.74, 6) is -0.0303. The van der Waals surface area contributed by atoms with E-state index >= 15 is 0 Å². The molecule has 1 N–H and O–H groups in total. The van der Waals surface area contributed by atoms with Gasteiger partial charge in [-0.05, 0) is 12.3 Å². The van der Waals surface area contributed by atoms with Crippen molar-refractivity contribution in [3.8, 4) is 0 Å². The van der Waals surface area contributed by atoms with Gasteiger partial charge in [-0.3, -0.25) is 4.79 Å². The molecule has 1 rings (SSSR count). The van der Waals surface area contributed by atoms with E-state index in [9.17, 15) is 9.59 Å². The summed E-state index contributed by atoms with van der Waals surface area (Å²) in [5, 5.41) is 3.09. The van der Waals surface area contributed by atoms with Crippen molar-refractivity contribution in [3.63, 3.8) is 0 Å². The molecular formula is C11H16N2O3S. The van der Waals surface area contributed by atoms with Crippen LogP contribution in [0.2, 0.25) is 0 Å². The standard InChI is InChI=1S/C11H16N2O3S/c1-7(2)4-5-9(14)13-11-12-6-8(17-11)10(15)16-3/h6-7H,4-5H2,1-3H3,(H,12,13,14). The van der Waals surface area contributed by atoms with Crippen LogP contribution in [-0.2, 0) is 9.53 Å². The van der Waals surface area contributed by atoms with Gasteiger partial charge in [0, 0.05) is 6.42 Å². The fourth-order valence-corrected chi connectivity index (χ4v) is 1.88. The van der Waals surface area contributed by atoms with E-state index in [1.165, 1.54) is 13.3 Å². The number of hydrogen-bond donors (Lipinski definition) is 1. The zero-order valence-corrected chi connectivity index (χ0v) is 11.0. The summed E-state index contributed by atoms with van der Waals surface area (Å²) in [7, 11) is 1.31. The molecule has 0 bridgehead atoms. The third-order valence-corrected chi connectivity index (χ3v) is 2.98. The molecule has 0 atom stereocenters. The first kappa shape index (κ1) is 13.6. The molecule has 0 fully saturated rings. The fraction of sp³-hybridized carbons (Fsp3) is 0.545. The van der Waals surface area contributed by atoms with Crippen LogP contribution in [-0.4, -0.2) is 24.0 Å². The maximum atomic E-state index is 11.5. The molecule has 0 aliphatic carbocycles. The SMILES string of the molecule is COC(=O)c1cnc(NC(=O)CCC(C)C)s1. The van der Waals surface area contributed by atoms with E-state index in [1.807, 2.05) is 0 Å². The normalized spacial score (nSPS) is 10.4. The van der Waals surface area contributed by atoms with E-state index < -0.39 is 5.97 Å². The topological polar surface area (TPSA) is 68.3 Å². The molecule has 0 aromatic carbocycles. The van der Waals surface area contributed by atoms with Crippen LogP contribution >= 0.6 is 11.3 Å². The Balaban J connectivity index is 2.49. The van der Waals surface area contributed by atoms with Gasteiger partial charge >= 0.3 is 5.97 Å². The van der Waals surface area contributed by atoms with Crippen LogP contribution in [0.3, 0.4) is 0 Å². The first-order valence-corrected chi connectivity index (χ1v) is 6.18. The van der Waals surface area contributed by atoms with Gasteiger partial charge in [0.1, 0.15) is 4.88 Å². The third kappa shape index (κ3) is 4.52. The second kappa shape index (κ2) is 6.34. The van der Waals surface area contributed by atoms with Gasteiger partial charge in [-0.25, -0.2) is 9.78 Å². The molecule has 0 spiro atoms. The molecule has 1 heterocycles. The largest absolute Gasteiger partial charge is 0.465 e. The first-order chi connectivity index (χ1) is 8.02. The lowest BCUT2D eigenvalue weighted by Crippen LogP contribution is -2.11. The summed E-state index contributed by atoms with van der Waals surface area (Å²) in [6, 6.07) is 0. The maximum absolute atomic E-state index is 11.5. The molecule has 17 heavy (non-hydrogen) atoms. The number of ether oxygens (including phenoxy) is 1. The molecule has 1 aromatic rings. The Morgan fingerprint density at radius 1 is 1.53 bits per heavy atom. The number of nitrogens with one attached hydrogen (secondary N) is 1. The van der Waals surface area contributed by atoms with Gasteiger partial charge in [0.25, 0.3) is 0 Å². The molecule has 1 aromatic heterocycles. The van der Waals surface area contributed by atoms with Gasteiger partial charge in [-0.2, -0.15) is 0 Å². The zero-order valence-electron chi connectivity index (χ0n) is 10.1. The summed E-state index contributed by atoms with van der Waals surface area (Å²) >= 11 is 1.11. The van der Waals surface area contributed by atoms with Crippen molar-refractivity contribution >= 4 is 28.3 Å². The molecular weight excluding hydrogens is 240 g/mol. The van der Waals surface area contributed by atoms with E-state index in [2.05, 4.69) is 28.9 Å². The quantitative estimate of drug-likeness (QED) is 0.821. The highest BCUT2D eigenvalue weighted by Gasteiger charge is 2.12. The molecule has 1 amide bonds. The number of anilines is 1. The zero-order chi connectivity index (χ0) is 12.8. The Labute approximate surface area is 104 Å². The van der Waals surface area contributed by atoms with Crippen molar-refractivity contribution in [3.05, 3.63) is 11.1 Å². The molecule has 6 heteroatoms. The summed E-state index contributed by atoms with van der Waals surface area (Å²) < 4.78 is 4.55. The van der Waals surface area contributed by atoms with E-state index in [0.29, 0.717) is 22.3 Å². The number of aromatic nitrogens is 1. The van der Waals surface area contributed by atoms with Gasteiger partial charge in [-0.15, -0.1) is 0 Å². The minimum Gasteiger partial charge on any atom is -0.465 e. The van der Waals surface area contributed by atoms with Crippen molar-refractivity contribution in [2.45, 2.75) is 26.7 Å². The van der Waals surface area contributed by atoms with Crippen LogP contribution in [0.1, 0.15) is 36.4 Å². The first-order valence-electron chi connectivity index (χ1n) is 5.37. The summed E-state index contributed by atoms with van der Waals surface area (Å²) in [6.07, 6.45) is 2.69. The highest BCUT2D eigenvalue weighted by Crippen LogP contribution is 2.19. The number of nitrogens with zero attached hydrogens (tertiary/aromatic N) is 1. The Kier molecular flexibility index (Phi) is 5.09. The predicted octanol–water partition coefficient (Wildman–Crippen LogP) is 2.30. The van der Waals surface area contributed by atoms with Crippen molar-refractivity contribution < 1.29 is 14.3 Å². The van der Waals surface area contributed by atoms with E-state index in [0.717, 1.165) is 17.8 Å². The van der Waals surface area contributed by atoms with Gasteiger partial charge in [0.2, 0.25) is 5.91 Å². The van der Waals surface area contributed by atoms with Gasteiger partial charge < -0.3 is 10.1 Å². The number of hydrogen-bond acceptors (Lipinski definition) is 5. The molecule has 5 nitrogen and oxygen atoms in total. The van der Waals surface area contributed by atoms with E-state index in [1.54, 1.807) is 0 Å². The average molecular weight is 256 g/mol. The lowest BCUT2D eigenvalue weighted by molar-refractivity contribution is -0.116. The van der Waals surface area contributed by atoms with Crippen LogP contribution in [0, 0.1) is 5.92 Å². The monoisotopic (exact) mass is 256 g/mol. The van der Waals surface area contributed by atoms with Gasteiger partial charge in [-0.1, -0.05) is 25.2 Å². The Morgan fingerprint density at radius 2 is 2.24 bits per heavy atom. The number of esters is 1. The third-order valence-electron chi connectivity index (χ3n) is 2.09. The summed E-state index contributed by atoms with van der Waals surface area (Å²) in [5.41, 5.74) is 0. The van der Waals surface area contributed by atoms with Crippen LogP contribution in [0.4, 0.5) is 5.13 Å². The number of carbonyl (C=O) groups excluding carboxylic acids is 2. The summed E-state index contributed by atoms with van der Waals surface area (Å²) in [4.78, 5) is 27.0. The second-order valence-corrected chi connectivity index (χ2v) is 5.03.